The largest absolute Gasteiger partial charge is 0.464 e. The number of benzene rings is 9. The second-order valence-corrected chi connectivity index (χ2v) is 13.8. The third-order valence-electron chi connectivity index (χ3n) is 10.5. The first-order chi connectivity index (χ1) is 26.8. The van der Waals surface area contributed by atoms with Crippen LogP contribution in [0.4, 0.5) is 22.7 Å². The number of rotatable bonds is 7. The maximum Gasteiger partial charge on any atom is 0.196 e. The number of nitrogens with zero attached hydrogens (tertiary/aromatic N) is 1. The Hall–Kier alpha value is -7.10. The van der Waals surface area contributed by atoms with E-state index in [1.807, 2.05) is 6.07 Å². The van der Waals surface area contributed by atoms with Gasteiger partial charge in [-0.1, -0.05) is 164 Å². The van der Waals surface area contributed by atoms with Gasteiger partial charge in [0.2, 0.25) is 0 Å². The molecular weight excluding hydrogens is 657 g/mol. The molecule has 0 aromatic heterocycles. The molecule has 0 aliphatic carbocycles. The second-order valence-electron chi connectivity index (χ2n) is 13.8. The molecule has 9 aromatic carbocycles. The Morgan fingerprint density at radius 2 is 0.778 bits per heavy atom. The van der Waals surface area contributed by atoms with E-state index in [2.05, 4.69) is 210 Å². The van der Waals surface area contributed by atoms with Crippen LogP contribution in [0.5, 0.6) is 5.75 Å². The molecule has 256 valence electrons. The smallest absolute Gasteiger partial charge is 0.196 e. The highest BCUT2D eigenvalue weighted by atomic mass is 16.5. The summed E-state index contributed by atoms with van der Waals surface area (Å²) in [7, 11) is 0. The summed E-state index contributed by atoms with van der Waals surface area (Å²) in [5.74, 6) is 0.915. The molecule has 0 amide bonds. The molecule has 1 aliphatic rings. The lowest BCUT2D eigenvalue weighted by Crippen LogP contribution is -2.09. The van der Waals surface area contributed by atoms with Crippen molar-refractivity contribution < 1.29 is 4.74 Å². The first kappa shape index (κ1) is 31.6. The average Bonchev–Trinajstić information content (AvgIpc) is 3.72. The number of anilines is 4. The zero-order valence-corrected chi connectivity index (χ0v) is 29.6. The Balaban J connectivity index is 1.02. The molecule has 9 aromatic rings. The molecule has 3 nitrogen and oxygen atoms in total. The molecule has 10 rings (SSSR count). The predicted octanol–water partition coefficient (Wildman–Crippen LogP) is 14.0. The van der Waals surface area contributed by atoms with Gasteiger partial charge in [-0.3, -0.25) is 0 Å². The van der Waals surface area contributed by atoms with E-state index >= 15 is 0 Å². The second kappa shape index (κ2) is 13.5. The van der Waals surface area contributed by atoms with Crippen LogP contribution in [0.3, 0.4) is 0 Å². The van der Waals surface area contributed by atoms with Crippen LogP contribution >= 0.6 is 0 Å². The minimum Gasteiger partial charge on any atom is -0.464 e. The molecule has 1 unspecified atom stereocenters. The van der Waals surface area contributed by atoms with E-state index in [1.54, 1.807) is 0 Å². The van der Waals surface area contributed by atoms with Crippen molar-refractivity contribution in [3.05, 3.63) is 212 Å². The Labute approximate surface area is 315 Å². The summed E-state index contributed by atoms with van der Waals surface area (Å²) in [6, 6.07) is 73.5. The molecule has 1 atom stereocenters. The summed E-state index contributed by atoms with van der Waals surface area (Å²) >= 11 is 0. The van der Waals surface area contributed by atoms with Gasteiger partial charge in [0.1, 0.15) is 0 Å². The van der Waals surface area contributed by atoms with E-state index in [0.717, 1.165) is 50.4 Å². The van der Waals surface area contributed by atoms with E-state index < -0.39 is 0 Å². The highest BCUT2D eigenvalue weighted by molar-refractivity contribution is 6.18. The third kappa shape index (κ3) is 5.73. The van der Waals surface area contributed by atoms with E-state index in [1.165, 1.54) is 38.6 Å². The molecule has 0 radical (unpaired) electrons. The van der Waals surface area contributed by atoms with Crippen LogP contribution in [-0.4, -0.2) is 0 Å². The molecule has 1 heterocycles. The first-order valence-electron chi connectivity index (χ1n) is 18.4. The summed E-state index contributed by atoms with van der Waals surface area (Å²) in [6.07, 6.45) is -0.227. The van der Waals surface area contributed by atoms with Crippen LogP contribution in [0.25, 0.3) is 54.9 Å². The number of fused-ring (bicyclic) bond motifs is 6. The molecule has 0 fully saturated rings. The van der Waals surface area contributed by atoms with Crippen molar-refractivity contribution in [2.75, 3.05) is 10.2 Å². The van der Waals surface area contributed by atoms with Gasteiger partial charge in [-0.05, 0) is 86.6 Å². The fourth-order valence-corrected chi connectivity index (χ4v) is 7.78. The van der Waals surface area contributed by atoms with E-state index in [9.17, 15) is 0 Å². The molecule has 0 spiro atoms. The van der Waals surface area contributed by atoms with Crippen molar-refractivity contribution >= 4 is 44.3 Å². The quantitative estimate of drug-likeness (QED) is 0.168. The lowest BCUT2D eigenvalue weighted by molar-refractivity contribution is 0.262. The van der Waals surface area contributed by atoms with Crippen LogP contribution in [0, 0.1) is 0 Å². The number of nitrogens with one attached hydrogen (secondary N) is 1. The summed E-state index contributed by atoms with van der Waals surface area (Å²) in [5, 5.41) is 8.36. The Morgan fingerprint density at radius 3 is 1.31 bits per heavy atom. The van der Waals surface area contributed by atoms with Gasteiger partial charge in [-0.15, -0.1) is 0 Å². The van der Waals surface area contributed by atoms with Crippen molar-refractivity contribution in [1.82, 2.24) is 0 Å². The lowest BCUT2D eigenvalue weighted by Gasteiger charge is -2.26. The molecule has 0 saturated carbocycles. The van der Waals surface area contributed by atoms with Crippen molar-refractivity contribution in [2.24, 2.45) is 0 Å². The Morgan fingerprint density at radius 1 is 0.352 bits per heavy atom. The minimum atomic E-state index is -0.227. The molecule has 54 heavy (non-hydrogen) atoms. The van der Waals surface area contributed by atoms with Crippen molar-refractivity contribution in [3.8, 4) is 39.1 Å². The first-order valence-corrected chi connectivity index (χ1v) is 18.4. The number of hydrogen-bond donors (Lipinski definition) is 1. The topological polar surface area (TPSA) is 24.5 Å². The van der Waals surface area contributed by atoms with Crippen LogP contribution in [-0.2, 0) is 0 Å². The average molecular weight is 693 g/mol. The van der Waals surface area contributed by atoms with Gasteiger partial charge in [0.25, 0.3) is 0 Å². The molecular formula is C51H36N2O. The number of hydrogen-bond acceptors (Lipinski definition) is 3. The molecule has 1 N–H and O–H groups in total. The summed E-state index contributed by atoms with van der Waals surface area (Å²) < 4.78 is 6.58. The summed E-state index contributed by atoms with van der Waals surface area (Å²) in [5.41, 5.74) is 12.6. The van der Waals surface area contributed by atoms with Gasteiger partial charge < -0.3 is 15.0 Å². The van der Waals surface area contributed by atoms with Crippen molar-refractivity contribution in [3.63, 3.8) is 0 Å². The van der Waals surface area contributed by atoms with E-state index in [4.69, 9.17) is 4.74 Å². The SMILES string of the molecule is c1ccc(-c2ccc(N(c3ccc(-c4ccccc4)cc3)c3ccc(-c4ccc5c6c(c7ccccc7c5c4)OC(c4ccccc4)N6)cc3)cc2)cc1. The summed E-state index contributed by atoms with van der Waals surface area (Å²) in [4.78, 5) is 2.33. The monoisotopic (exact) mass is 692 g/mol. The lowest BCUT2D eigenvalue weighted by atomic mass is 9.95. The maximum atomic E-state index is 6.58. The Bertz CT molecular complexity index is 2640. The molecule has 0 bridgehead atoms. The van der Waals surface area contributed by atoms with Crippen molar-refractivity contribution in [1.29, 1.82) is 0 Å². The number of ether oxygens (including phenoxy) is 1. The third-order valence-corrected chi connectivity index (χ3v) is 10.5. The highest BCUT2D eigenvalue weighted by Crippen LogP contribution is 2.49. The predicted molar refractivity (Wildman–Crippen MR) is 226 cm³/mol. The van der Waals surface area contributed by atoms with Crippen molar-refractivity contribution in [2.45, 2.75) is 6.23 Å². The van der Waals surface area contributed by atoms with Gasteiger partial charge in [0.05, 0.1) is 5.69 Å². The van der Waals surface area contributed by atoms with Gasteiger partial charge in [-0.25, -0.2) is 0 Å². The van der Waals surface area contributed by atoms with Crippen LogP contribution in [0.2, 0.25) is 0 Å². The van der Waals surface area contributed by atoms with Gasteiger partial charge in [-0.2, -0.15) is 0 Å². The fourth-order valence-electron chi connectivity index (χ4n) is 7.78. The Kier molecular flexibility index (Phi) is 7.88. The van der Waals surface area contributed by atoms with Gasteiger partial charge in [0.15, 0.2) is 12.0 Å². The minimum absolute atomic E-state index is 0.227. The van der Waals surface area contributed by atoms with Gasteiger partial charge >= 0.3 is 0 Å². The van der Waals surface area contributed by atoms with Crippen LogP contribution in [0.1, 0.15) is 11.8 Å². The zero-order chi connectivity index (χ0) is 35.8. The highest BCUT2D eigenvalue weighted by Gasteiger charge is 2.28. The molecule has 0 saturated heterocycles. The molecule has 1 aliphatic heterocycles. The zero-order valence-electron chi connectivity index (χ0n) is 29.6. The molecule has 3 heteroatoms. The van der Waals surface area contributed by atoms with Crippen LogP contribution < -0.4 is 15.0 Å². The van der Waals surface area contributed by atoms with E-state index in [-0.39, 0.29) is 6.23 Å². The van der Waals surface area contributed by atoms with Gasteiger partial charge in [0, 0.05) is 33.4 Å². The normalized spacial score (nSPS) is 13.3. The maximum absolute atomic E-state index is 6.58. The standard InChI is InChI=1S/C51H36N2O/c1-4-12-35(13-5-1)37-20-27-42(28-21-37)53(43-29-22-38(23-30-43)36-14-6-2-7-15-36)44-31-24-39(25-32-44)41-26-33-46-48(34-41)45-18-10-11-19-47(45)50-49(46)52-51(54-50)40-16-8-3-9-17-40/h1-34,51-52H. The van der Waals surface area contributed by atoms with Crippen LogP contribution in [0.15, 0.2) is 206 Å². The fraction of sp³-hybridized carbons (Fsp3) is 0.0196. The summed E-state index contributed by atoms with van der Waals surface area (Å²) in [6.45, 7) is 0. The van der Waals surface area contributed by atoms with E-state index in [0.29, 0.717) is 0 Å².